The van der Waals surface area contributed by atoms with Gasteiger partial charge in [-0.25, -0.2) is 0 Å². The maximum Gasteiger partial charge on any atom is 0.0117 e. The number of hydrogen-bond donors (Lipinski definition) is 1. The monoisotopic (exact) mass is 240 g/mol. The topological polar surface area (TPSA) is 15.3 Å². The minimum absolute atomic E-state index is 0.707. The van der Waals surface area contributed by atoms with Crippen LogP contribution in [0.25, 0.3) is 0 Å². The van der Waals surface area contributed by atoms with E-state index in [1.807, 2.05) is 0 Å². The van der Waals surface area contributed by atoms with Gasteiger partial charge in [-0.2, -0.15) is 0 Å². The summed E-state index contributed by atoms with van der Waals surface area (Å²) in [5.74, 6) is 1.59. The van der Waals surface area contributed by atoms with Crippen LogP contribution in [-0.2, 0) is 0 Å². The van der Waals surface area contributed by atoms with Crippen LogP contribution >= 0.6 is 0 Å². The maximum atomic E-state index is 3.47. The third kappa shape index (κ3) is 3.96. The van der Waals surface area contributed by atoms with Gasteiger partial charge < -0.3 is 5.32 Å². The largest absolute Gasteiger partial charge is 0.317 e. The Bertz CT molecular complexity index is 215. The highest BCUT2D eigenvalue weighted by atomic mass is 15.2. The summed E-state index contributed by atoms with van der Waals surface area (Å²) in [4.78, 5) is 2.72. The molecular weight excluding hydrogens is 208 g/mol. The van der Waals surface area contributed by atoms with Crippen LogP contribution in [-0.4, -0.2) is 36.6 Å². The summed E-state index contributed by atoms with van der Waals surface area (Å²) in [6, 6.07) is 2.16. The highest BCUT2D eigenvalue weighted by Crippen LogP contribution is 2.27. The van der Waals surface area contributed by atoms with Crippen molar-refractivity contribution in [3.8, 4) is 0 Å². The average Bonchev–Trinajstić information content (AvgIpc) is 2.29. The molecule has 1 aliphatic rings. The lowest BCUT2D eigenvalue weighted by molar-refractivity contribution is 0.0499. The smallest absolute Gasteiger partial charge is 0.0117 e. The van der Waals surface area contributed by atoms with Crippen molar-refractivity contribution in [2.45, 2.75) is 72.0 Å². The predicted octanol–water partition coefficient (Wildman–Crippen LogP) is 3.13. The van der Waals surface area contributed by atoms with Crippen molar-refractivity contribution in [2.75, 3.05) is 13.6 Å². The molecule has 0 saturated carbocycles. The lowest BCUT2D eigenvalue weighted by Crippen LogP contribution is -2.55. The van der Waals surface area contributed by atoms with Gasteiger partial charge in [0, 0.05) is 24.7 Å². The van der Waals surface area contributed by atoms with Crippen molar-refractivity contribution in [1.29, 1.82) is 0 Å². The van der Waals surface area contributed by atoms with Gasteiger partial charge in [0.1, 0.15) is 0 Å². The van der Waals surface area contributed by atoms with Gasteiger partial charge in [0.15, 0.2) is 0 Å². The number of nitrogens with zero attached hydrogens (tertiary/aromatic N) is 1. The first-order chi connectivity index (χ1) is 7.97. The van der Waals surface area contributed by atoms with E-state index < -0.39 is 0 Å². The molecule has 1 aliphatic heterocycles. The third-order valence-corrected chi connectivity index (χ3v) is 4.72. The Morgan fingerprint density at radius 3 is 2.35 bits per heavy atom. The zero-order valence-electron chi connectivity index (χ0n) is 12.7. The normalized spacial score (nSPS) is 33.0. The molecule has 1 saturated heterocycles. The quantitative estimate of drug-likeness (QED) is 0.794. The molecule has 4 atom stereocenters. The van der Waals surface area contributed by atoms with Gasteiger partial charge in [0.05, 0.1) is 0 Å². The molecule has 0 radical (unpaired) electrons. The van der Waals surface area contributed by atoms with Crippen LogP contribution < -0.4 is 5.32 Å². The first-order valence-corrected chi connectivity index (χ1v) is 7.40. The summed E-state index contributed by atoms with van der Waals surface area (Å²) in [6.07, 6.45) is 4.00. The Hall–Kier alpha value is -0.0800. The van der Waals surface area contributed by atoms with Gasteiger partial charge in [-0.3, -0.25) is 4.90 Å². The second-order valence-electron chi connectivity index (χ2n) is 6.34. The molecular formula is C15H32N2. The average molecular weight is 240 g/mol. The van der Waals surface area contributed by atoms with E-state index in [0.29, 0.717) is 12.1 Å². The lowest BCUT2D eigenvalue weighted by Gasteiger charge is -2.45. The molecule has 1 rings (SSSR count). The van der Waals surface area contributed by atoms with Crippen molar-refractivity contribution >= 4 is 0 Å². The van der Waals surface area contributed by atoms with E-state index in [-0.39, 0.29) is 0 Å². The third-order valence-electron chi connectivity index (χ3n) is 4.72. The molecule has 2 heteroatoms. The van der Waals surface area contributed by atoms with Gasteiger partial charge in [-0.1, -0.05) is 20.8 Å². The predicted molar refractivity (Wildman–Crippen MR) is 76.3 cm³/mol. The molecule has 17 heavy (non-hydrogen) atoms. The van der Waals surface area contributed by atoms with E-state index in [4.69, 9.17) is 0 Å². The van der Waals surface area contributed by atoms with Crippen molar-refractivity contribution in [2.24, 2.45) is 11.8 Å². The molecule has 1 N–H and O–H groups in total. The maximum absolute atomic E-state index is 3.47. The molecule has 4 unspecified atom stereocenters. The minimum Gasteiger partial charge on any atom is -0.317 e. The number of likely N-dealkylation sites (tertiary alicyclic amines) is 1. The molecule has 0 spiro atoms. The van der Waals surface area contributed by atoms with Gasteiger partial charge in [0.25, 0.3) is 0 Å². The molecule has 1 fully saturated rings. The van der Waals surface area contributed by atoms with Crippen molar-refractivity contribution < 1.29 is 0 Å². The van der Waals surface area contributed by atoms with Crippen LogP contribution in [0.4, 0.5) is 0 Å². The lowest BCUT2D eigenvalue weighted by atomic mass is 9.85. The number of hydrogen-bond acceptors (Lipinski definition) is 2. The Balaban J connectivity index is 2.49. The number of nitrogens with one attached hydrogen (secondary N) is 1. The Morgan fingerprint density at radius 2 is 1.82 bits per heavy atom. The van der Waals surface area contributed by atoms with E-state index in [1.54, 1.807) is 0 Å². The van der Waals surface area contributed by atoms with E-state index in [0.717, 1.165) is 17.9 Å². The van der Waals surface area contributed by atoms with Crippen LogP contribution in [0, 0.1) is 11.8 Å². The SMILES string of the molecule is CNC1CCN(C(C)CCC(C)C)C(C)C1C. The van der Waals surface area contributed by atoms with Gasteiger partial charge >= 0.3 is 0 Å². The second kappa shape index (κ2) is 6.75. The Labute approximate surface area is 108 Å². The first kappa shape index (κ1) is 15.0. The molecule has 0 bridgehead atoms. The Morgan fingerprint density at radius 1 is 1.18 bits per heavy atom. The minimum atomic E-state index is 0.707. The van der Waals surface area contributed by atoms with E-state index in [1.165, 1.54) is 25.8 Å². The fraction of sp³-hybridized carbons (Fsp3) is 1.00. The number of piperidine rings is 1. The summed E-state index contributed by atoms with van der Waals surface area (Å²) in [5.41, 5.74) is 0. The molecule has 2 nitrogen and oxygen atoms in total. The van der Waals surface area contributed by atoms with Crippen LogP contribution in [0.15, 0.2) is 0 Å². The van der Waals surface area contributed by atoms with Crippen LogP contribution in [0.2, 0.25) is 0 Å². The first-order valence-electron chi connectivity index (χ1n) is 7.40. The highest BCUT2D eigenvalue weighted by molar-refractivity contribution is 4.90. The van der Waals surface area contributed by atoms with E-state index in [2.05, 4.69) is 51.9 Å². The second-order valence-corrected chi connectivity index (χ2v) is 6.34. The number of rotatable bonds is 5. The molecule has 0 amide bonds. The summed E-state index contributed by atoms with van der Waals surface area (Å²) < 4.78 is 0. The van der Waals surface area contributed by atoms with Crippen molar-refractivity contribution in [1.82, 2.24) is 10.2 Å². The van der Waals surface area contributed by atoms with Gasteiger partial charge in [-0.05, 0) is 52.0 Å². The van der Waals surface area contributed by atoms with Crippen LogP contribution in [0.1, 0.15) is 53.9 Å². The zero-order chi connectivity index (χ0) is 13.0. The standard InChI is InChI=1S/C15H32N2/c1-11(2)7-8-12(3)17-10-9-15(16-6)13(4)14(17)5/h11-16H,7-10H2,1-6H3. The summed E-state index contributed by atoms with van der Waals surface area (Å²) >= 11 is 0. The van der Waals surface area contributed by atoms with Crippen LogP contribution in [0.5, 0.6) is 0 Å². The zero-order valence-corrected chi connectivity index (χ0v) is 12.7. The van der Waals surface area contributed by atoms with Crippen molar-refractivity contribution in [3.63, 3.8) is 0 Å². The van der Waals surface area contributed by atoms with E-state index in [9.17, 15) is 0 Å². The van der Waals surface area contributed by atoms with E-state index >= 15 is 0 Å². The van der Waals surface area contributed by atoms with Gasteiger partial charge in [-0.15, -0.1) is 0 Å². The highest BCUT2D eigenvalue weighted by Gasteiger charge is 2.33. The molecule has 0 aromatic heterocycles. The summed E-state index contributed by atoms with van der Waals surface area (Å²) in [7, 11) is 2.10. The molecule has 0 aliphatic carbocycles. The summed E-state index contributed by atoms with van der Waals surface area (Å²) in [5, 5.41) is 3.47. The van der Waals surface area contributed by atoms with Crippen LogP contribution in [0.3, 0.4) is 0 Å². The van der Waals surface area contributed by atoms with Crippen molar-refractivity contribution in [3.05, 3.63) is 0 Å². The fourth-order valence-electron chi connectivity index (χ4n) is 3.16. The molecule has 0 aromatic carbocycles. The molecule has 1 heterocycles. The summed E-state index contributed by atoms with van der Waals surface area (Å²) in [6.45, 7) is 13.1. The Kier molecular flexibility index (Phi) is 5.94. The molecule has 0 aromatic rings. The molecule has 102 valence electrons. The fourth-order valence-corrected chi connectivity index (χ4v) is 3.16. The van der Waals surface area contributed by atoms with Gasteiger partial charge in [0.2, 0.25) is 0 Å².